The summed E-state index contributed by atoms with van der Waals surface area (Å²) in [5.74, 6) is 0.488. The fourth-order valence-corrected chi connectivity index (χ4v) is 4.35. The van der Waals surface area contributed by atoms with E-state index in [-0.39, 0.29) is 46.5 Å². The van der Waals surface area contributed by atoms with Crippen LogP contribution >= 0.6 is 24.8 Å². The molecule has 4 rings (SSSR count). The number of nitrogens with one attached hydrogen (secondary N) is 1. The second-order valence-corrected chi connectivity index (χ2v) is 8.26. The van der Waals surface area contributed by atoms with E-state index in [2.05, 4.69) is 77.1 Å². The molecular formula is C28H33Cl2NTi. The van der Waals surface area contributed by atoms with Gasteiger partial charge in [-0.2, -0.15) is 12.5 Å². The molecule has 0 aliphatic heterocycles. The van der Waals surface area contributed by atoms with Gasteiger partial charge in [0.15, 0.2) is 0 Å². The van der Waals surface area contributed by atoms with Gasteiger partial charge in [-0.05, 0) is 40.5 Å². The van der Waals surface area contributed by atoms with Crippen molar-refractivity contribution < 1.29 is 21.7 Å². The molecule has 1 N–H and O–H groups in total. The molecule has 0 aromatic heterocycles. The minimum atomic E-state index is 0. The summed E-state index contributed by atoms with van der Waals surface area (Å²) in [5.41, 5.74) is 18.3. The van der Waals surface area contributed by atoms with Gasteiger partial charge in [0, 0.05) is 0 Å². The van der Waals surface area contributed by atoms with E-state index >= 15 is 0 Å². The number of hydrogen-bond acceptors (Lipinski definition) is 0. The SMILES string of the molecule is Cc1cc(C)c([NH-])c(C)c1.Cl.Cl.[CH2-]c1c(C2=C(C)C(C)=CC2C)ccc2ccccc12.[Ti+2]. The van der Waals surface area contributed by atoms with Crippen LogP contribution in [0.1, 0.15) is 48.6 Å². The van der Waals surface area contributed by atoms with Crippen molar-refractivity contribution in [3.05, 3.63) is 106 Å². The molecule has 168 valence electrons. The van der Waals surface area contributed by atoms with E-state index in [1.165, 1.54) is 38.6 Å². The van der Waals surface area contributed by atoms with Crippen LogP contribution in [0.25, 0.3) is 22.1 Å². The third-order valence-electron chi connectivity index (χ3n) is 5.96. The zero-order valence-electron chi connectivity index (χ0n) is 19.8. The quantitative estimate of drug-likeness (QED) is 0.234. The van der Waals surface area contributed by atoms with Crippen LogP contribution < -0.4 is 0 Å². The Labute approximate surface area is 221 Å². The van der Waals surface area contributed by atoms with Gasteiger partial charge in [0.05, 0.1) is 0 Å². The van der Waals surface area contributed by atoms with E-state index in [0.717, 1.165) is 16.7 Å². The molecule has 0 saturated carbocycles. The van der Waals surface area contributed by atoms with Gasteiger partial charge < -0.3 is 5.73 Å². The van der Waals surface area contributed by atoms with Crippen molar-refractivity contribution in [3.63, 3.8) is 0 Å². The Kier molecular flexibility index (Phi) is 11.9. The maximum Gasteiger partial charge on any atom is 2.00 e. The maximum absolute atomic E-state index is 7.54. The molecule has 0 bridgehead atoms. The summed E-state index contributed by atoms with van der Waals surface area (Å²) in [6.45, 7) is 17.0. The number of fused-ring (bicyclic) bond motifs is 1. The third kappa shape index (κ3) is 6.24. The van der Waals surface area contributed by atoms with Crippen LogP contribution in [0.5, 0.6) is 0 Å². The summed E-state index contributed by atoms with van der Waals surface area (Å²) in [5, 5.41) is 2.53. The number of hydrogen-bond donors (Lipinski definition) is 0. The topological polar surface area (TPSA) is 23.8 Å². The van der Waals surface area contributed by atoms with Crippen molar-refractivity contribution in [1.82, 2.24) is 0 Å². The minimum Gasteiger partial charge on any atom is -0.698 e. The standard InChI is InChI=1S/C19H19.C9H12N.2ClH.Ti/c1-12-11-13(2)19(14(12)3)18-10-9-16-7-5-6-8-17(16)15(18)4;1-6-4-7(2)9(10)8(3)5-6;;;/h5-11,13H,4H2,1-3H3;4-5,10H,1-3H3;2*1H;/q2*-1;;;+2. The zero-order chi connectivity index (χ0) is 21.3. The van der Waals surface area contributed by atoms with Crippen LogP contribution in [-0.2, 0) is 21.7 Å². The van der Waals surface area contributed by atoms with Gasteiger partial charge >= 0.3 is 21.7 Å². The molecule has 0 heterocycles. The first-order valence-electron chi connectivity index (χ1n) is 10.2. The van der Waals surface area contributed by atoms with Gasteiger partial charge in [0.25, 0.3) is 0 Å². The zero-order valence-corrected chi connectivity index (χ0v) is 23.0. The van der Waals surface area contributed by atoms with Gasteiger partial charge in [-0.25, -0.2) is 0 Å². The molecule has 1 unspecified atom stereocenters. The van der Waals surface area contributed by atoms with Crippen LogP contribution in [0.4, 0.5) is 5.69 Å². The molecule has 3 aromatic carbocycles. The smallest absolute Gasteiger partial charge is 0.698 e. The Morgan fingerprint density at radius 2 is 1.41 bits per heavy atom. The van der Waals surface area contributed by atoms with Crippen molar-refractivity contribution >= 4 is 46.8 Å². The van der Waals surface area contributed by atoms with Crippen molar-refractivity contribution in [2.75, 3.05) is 0 Å². The number of allylic oxidation sites excluding steroid dienone is 4. The Hall–Kier alpha value is -1.64. The molecule has 1 aliphatic rings. The van der Waals surface area contributed by atoms with Gasteiger partial charge in [-0.15, -0.1) is 53.6 Å². The monoisotopic (exact) mass is 501 g/mol. The van der Waals surface area contributed by atoms with E-state index in [0.29, 0.717) is 11.6 Å². The molecule has 1 aliphatic carbocycles. The maximum atomic E-state index is 7.54. The summed E-state index contributed by atoms with van der Waals surface area (Å²) in [7, 11) is 0. The molecule has 0 saturated heterocycles. The van der Waals surface area contributed by atoms with Crippen molar-refractivity contribution in [1.29, 1.82) is 0 Å². The number of rotatable bonds is 1. The van der Waals surface area contributed by atoms with E-state index in [1.54, 1.807) is 0 Å². The average molecular weight is 502 g/mol. The van der Waals surface area contributed by atoms with Gasteiger partial charge in [-0.1, -0.05) is 88.2 Å². The van der Waals surface area contributed by atoms with E-state index in [9.17, 15) is 0 Å². The molecule has 0 spiro atoms. The number of aryl methyl sites for hydroxylation is 3. The summed E-state index contributed by atoms with van der Waals surface area (Å²) in [6.07, 6.45) is 2.35. The van der Waals surface area contributed by atoms with Gasteiger partial charge in [-0.3, -0.25) is 0 Å². The Morgan fingerprint density at radius 1 is 0.844 bits per heavy atom. The molecule has 3 aromatic rings. The third-order valence-corrected chi connectivity index (χ3v) is 5.96. The first-order valence-corrected chi connectivity index (χ1v) is 10.2. The van der Waals surface area contributed by atoms with Crippen molar-refractivity contribution in [3.8, 4) is 0 Å². The number of halogens is 2. The summed E-state index contributed by atoms with van der Waals surface area (Å²) in [6, 6.07) is 17.0. The molecule has 1 nitrogen and oxygen atoms in total. The second-order valence-electron chi connectivity index (χ2n) is 8.26. The Morgan fingerprint density at radius 3 is 1.94 bits per heavy atom. The van der Waals surface area contributed by atoms with E-state index in [1.807, 2.05) is 26.0 Å². The summed E-state index contributed by atoms with van der Waals surface area (Å²) < 4.78 is 0. The van der Waals surface area contributed by atoms with Crippen molar-refractivity contribution in [2.45, 2.75) is 41.5 Å². The van der Waals surface area contributed by atoms with Crippen molar-refractivity contribution in [2.24, 2.45) is 5.92 Å². The Balaban J connectivity index is 0.000000642. The Bertz CT molecular complexity index is 1120. The van der Waals surface area contributed by atoms with Crippen LogP contribution in [0.3, 0.4) is 0 Å². The molecular weight excluding hydrogens is 469 g/mol. The van der Waals surface area contributed by atoms with Crippen LogP contribution in [0.2, 0.25) is 0 Å². The predicted molar refractivity (Wildman–Crippen MR) is 143 cm³/mol. The molecule has 0 amide bonds. The van der Waals surface area contributed by atoms with Crippen LogP contribution in [0, 0.1) is 33.6 Å². The van der Waals surface area contributed by atoms with Gasteiger partial charge in [0.2, 0.25) is 0 Å². The first-order chi connectivity index (χ1) is 13.7. The van der Waals surface area contributed by atoms with E-state index in [4.69, 9.17) is 5.73 Å². The molecule has 0 fully saturated rings. The normalized spacial score (nSPS) is 14.4. The largest absolute Gasteiger partial charge is 2.00 e. The van der Waals surface area contributed by atoms with E-state index < -0.39 is 0 Å². The van der Waals surface area contributed by atoms with Crippen LogP contribution in [0.15, 0.2) is 65.8 Å². The van der Waals surface area contributed by atoms with Crippen LogP contribution in [-0.4, -0.2) is 0 Å². The van der Waals surface area contributed by atoms with Gasteiger partial charge in [0.1, 0.15) is 0 Å². The number of benzene rings is 3. The molecule has 32 heavy (non-hydrogen) atoms. The molecule has 0 radical (unpaired) electrons. The summed E-state index contributed by atoms with van der Waals surface area (Å²) in [4.78, 5) is 0. The fourth-order valence-electron chi connectivity index (χ4n) is 4.35. The molecule has 4 heteroatoms. The minimum absolute atomic E-state index is 0. The molecule has 1 atom stereocenters. The second kappa shape index (κ2) is 12.6. The first kappa shape index (κ1) is 30.4. The predicted octanol–water partition coefficient (Wildman–Crippen LogP) is 9.53. The average Bonchev–Trinajstić information content (AvgIpc) is 2.93. The fraction of sp³-hybridized carbons (Fsp3) is 0.250. The summed E-state index contributed by atoms with van der Waals surface area (Å²) >= 11 is 0.